The van der Waals surface area contributed by atoms with Gasteiger partial charge in [0, 0.05) is 5.56 Å². The van der Waals surface area contributed by atoms with Gasteiger partial charge in [0.25, 0.3) is 0 Å². The third-order valence-corrected chi connectivity index (χ3v) is 14.8. The summed E-state index contributed by atoms with van der Waals surface area (Å²) in [6.07, 6.45) is 67.1. The minimum atomic E-state index is 0. The molecule has 0 N–H and O–H groups in total. The van der Waals surface area contributed by atoms with Crippen molar-refractivity contribution in [3.8, 4) is 0 Å². The Morgan fingerprint density at radius 3 is 0.627 bits per heavy atom. The van der Waals surface area contributed by atoms with E-state index < -0.39 is 0 Å². The second kappa shape index (κ2) is 56.6. The molecule has 0 aliphatic heterocycles. The van der Waals surface area contributed by atoms with Crippen LogP contribution in [0.15, 0.2) is 30.3 Å². The van der Waals surface area contributed by atoms with Crippen LogP contribution in [0.5, 0.6) is 0 Å². The van der Waals surface area contributed by atoms with Crippen LogP contribution in [-0.4, -0.2) is 56.8 Å². The molecular weight excluding hydrogens is 856 g/mol. The molecule has 0 saturated carbocycles. The number of unbranched alkanes of at least 4 members (excludes halogenated alkanes) is 43. The Bertz CT molecular complexity index is 974. The van der Waals surface area contributed by atoms with Crippen LogP contribution in [0.3, 0.4) is 0 Å². The van der Waals surface area contributed by atoms with Gasteiger partial charge in [-0.3, -0.25) is 0 Å². The van der Waals surface area contributed by atoms with Gasteiger partial charge in [-0.2, -0.15) is 0 Å². The van der Waals surface area contributed by atoms with Crippen molar-refractivity contribution < 1.29 is 33.8 Å². The molecule has 1 aromatic rings. The van der Waals surface area contributed by atoms with Crippen molar-refractivity contribution >= 4 is 0 Å². The number of halogens is 2. The Hall–Kier alpha value is -0.280. The van der Waals surface area contributed by atoms with E-state index in [0.717, 1.165) is 11.0 Å². The molecule has 0 unspecified atom stereocenters. The van der Waals surface area contributed by atoms with Gasteiger partial charge in [0.15, 0.2) is 0 Å². The van der Waals surface area contributed by atoms with Crippen LogP contribution in [0.2, 0.25) is 0 Å². The van der Waals surface area contributed by atoms with Crippen molar-refractivity contribution in [1.82, 2.24) is 0 Å². The Morgan fingerprint density at radius 1 is 0.239 bits per heavy atom. The maximum Gasteiger partial charge on any atom is 0.104 e. The molecule has 0 radical (unpaired) electrons. The molecule has 67 heavy (non-hydrogen) atoms. The molecule has 0 heterocycles. The summed E-state index contributed by atoms with van der Waals surface area (Å²) in [6, 6.07) is 10.9. The predicted octanol–water partition coefficient (Wildman–Crippen LogP) is 15.3. The fraction of sp³-hybridized carbons (Fsp3) is 0.905. The summed E-state index contributed by atoms with van der Waals surface area (Å²) in [4.78, 5) is 0. The summed E-state index contributed by atoms with van der Waals surface area (Å²) in [5.74, 6) is 0. The number of quaternary nitrogens is 2. The molecule has 1 rings (SSSR count). The van der Waals surface area contributed by atoms with Gasteiger partial charge < -0.3 is 33.8 Å². The summed E-state index contributed by atoms with van der Waals surface area (Å²) in [6.45, 7) is 12.1. The molecule has 0 aliphatic carbocycles. The predicted molar refractivity (Wildman–Crippen MR) is 298 cm³/mol. The Kier molecular flexibility index (Phi) is 60.0. The number of benzene rings is 1. The molecule has 0 fully saturated rings. The first-order valence-corrected chi connectivity index (χ1v) is 30.4. The maximum atomic E-state index is 2.47. The molecule has 1 aromatic carbocycles. The SMILES string of the molecule is CCCCCCCCCCCCCCCCCC[N+](C)(C)CCCCCCCCCCCCCCCCCC.CCCCCCCCCCCCCCCC[N+](C)(C)Cc1ccccc1.[Cl-].[Cl-]. The number of rotatable bonds is 51. The average Bonchev–Trinajstić information content (AvgIpc) is 3.29. The third kappa shape index (κ3) is 58.2. The Balaban J connectivity index is -0.00000127. The van der Waals surface area contributed by atoms with Crippen LogP contribution in [-0.2, 0) is 6.54 Å². The van der Waals surface area contributed by atoms with Gasteiger partial charge in [-0.1, -0.05) is 308 Å². The van der Waals surface area contributed by atoms with Crippen molar-refractivity contribution in [3.63, 3.8) is 0 Å². The number of hydrogen-bond donors (Lipinski definition) is 0. The normalized spacial score (nSPS) is 11.6. The van der Waals surface area contributed by atoms with E-state index in [1.54, 1.807) is 0 Å². The highest BCUT2D eigenvalue weighted by molar-refractivity contribution is 5.13. The lowest BCUT2D eigenvalue weighted by molar-refractivity contribution is -0.903. The lowest BCUT2D eigenvalue weighted by atomic mass is 10.0. The zero-order valence-corrected chi connectivity index (χ0v) is 48.9. The first kappa shape index (κ1) is 71.0. The lowest BCUT2D eigenvalue weighted by Crippen LogP contribution is -3.00. The molecule has 4 heteroatoms. The number of hydrogen-bond acceptors (Lipinski definition) is 0. The van der Waals surface area contributed by atoms with Crippen LogP contribution >= 0.6 is 0 Å². The van der Waals surface area contributed by atoms with E-state index in [1.807, 2.05) is 0 Å². The van der Waals surface area contributed by atoms with E-state index in [9.17, 15) is 0 Å². The zero-order chi connectivity index (χ0) is 47.5. The highest BCUT2D eigenvalue weighted by atomic mass is 35.5. The second-order valence-electron chi connectivity index (χ2n) is 22.9. The van der Waals surface area contributed by atoms with Gasteiger partial charge >= 0.3 is 0 Å². The van der Waals surface area contributed by atoms with Crippen LogP contribution in [0.25, 0.3) is 0 Å². The topological polar surface area (TPSA) is 0 Å². The van der Waals surface area contributed by atoms with E-state index >= 15 is 0 Å². The number of nitrogens with zero attached hydrogens (tertiary/aromatic N) is 2. The van der Waals surface area contributed by atoms with E-state index in [0.29, 0.717) is 0 Å². The maximum absolute atomic E-state index is 2.47. The first-order chi connectivity index (χ1) is 31.8. The standard InChI is InChI=1S/C38H80N.C25H46N.2ClH/c1-5-7-9-11-13-15-17-19-21-23-25-27-29-31-33-35-37-39(3,4)38-36-34-32-30-28-26-24-22-20-18-16-14-12-10-8-6-2;1-4-5-6-7-8-9-10-11-12-13-14-15-16-20-23-26(2,3)24-25-21-18-17-19-22-25;;/h5-38H2,1-4H3;17-19,21-22H,4-16,20,23-24H2,1-3H3;2*1H/q2*+1;;/p-2. The molecular formula is C63H126Cl2N2. The molecule has 0 aliphatic rings. The van der Waals surface area contributed by atoms with Gasteiger partial charge in [0.1, 0.15) is 6.54 Å². The van der Waals surface area contributed by atoms with Gasteiger partial charge in [-0.15, -0.1) is 0 Å². The molecule has 0 amide bonds. The fourth-order valence-corrected chi connectivity index (χ4v) is 10.2. The Labute approximate surface area is 437 Å². The van der Waals surface area contributed by atoms with Crippen molar-refractivity contribution in [3.05, 3.63) is 35.9 Å². The minimum Gasteiger partial charge on any atom is -1.00 e. The average molecular weight is 983 g/mol. The molecule has 0 spiro atoms. The molecule has 0 bridgehead atoms. The van der Waals surface area contributed by atoms with Gasteiger partial charge in [0.2, 0.25) is 0 Å². The minimum absolute atomic E-state index is 0. The first-order valence-electron chi connectivity index (χ1n) is 30.4. The lowest BCUT2D eigenvalue weighted by Gasteiger charge is -2.30. The van der Waals surface area contributed by atoms with E-state index in [2.05, 4.69) is 79.3 Å². The Morgan fingerprint density at radius 2 is 0.418 bits per heavy atom. The summed E-state index contributed by atoms with van der Waals surface area (Å²) in [5, 5.41) is 0. The fourth-order valence-electron chi connectivity index (χ4n) is 10.2. The summed E-state index contributed by atoms with van der Waals surface area (Å²) < 4.78 is 2.36. The van der Waals surface area contributed by atoms with Gasteiger partial charge in [0.05, 0.1) is 47.8 Å². The molecule has 0 saturated heterocycles. The highest BCUT2D eigenvalue weighted by Crippen LogP contribution is 2.18. The molecule has 2 nitrogen and oxygen atoms in total. The van der Waals surface area contributed by atoms with Crippen molar-refractivity contribution in [2.24, 2.45) is 0 Å². The largest absolute Gasteiger partial charge is 1.00 e. The van der Waals surface area contributed by atoms with Crippen molar-refractivity contribution in [2.75, 3.05) is 47.8 Å². The molecule has 0 aromatic heterocycles. The van der Waals surface area contributed by atoms with E-state index in [1.165, 1.54) is 325 Å². The third-order valence-electron chi connectivity index (χ3n) is 14.8. The van der Waals surface area contributed by atoms with Crippen LogP contribution in [0, 0.1) is 0 Å². The van der Waals surface area contributed by atoms with E-state index in [-0.39, 0.29) is 24.8 Å². The quantitative estimate of drug-likeness (QED) is 0.0451. The van der Waals surface area contributed by atoms with Crippen molar-refractivity contribution in [1.29, 1.82) is 0 Å². The summed E-state index contributed by atoms with van der Waals surface area (Å²) >= 11 is 0. The van der Waals surface area contributed by atoms with E-state index in [4.69, 9.17) is 0 Å². The van der Waals surface area contributed by atoms with Crippen molar-refractivity contribution in [2.45, 2.75) is 323 Å². The van der Waals surface area contributed by atoms with Gasteiger partial charge in [-0.05, 0) is 38.5 Å². The molecule has 0 atom stereocenters. The highest BCUT2D eigenvalue weighted by Gasteiger charge is 2.15. The smallest absolute Gasteiger partial charge is 0.104 e. The molecule has 402 valence electrons. The van der Waals surface area contributed by atoms with Crippen LogP contribution in [0.4, 0.5) is 0 Å². The summed E-state index contributed by atoms with van der Waals surface area (Å²) in [7, 11) is 9.68. The second-order valence-corrected chi connectivity index (χ2v) is 22.9. The summed E-state index contributed by atoms with van der Waals surface area (Å²) in [5.41, 5.74) is 1.46. The van der Waals surface area contributed by atoms with Crippen LogP contribution in [0.1, 0.15) is 322 Å². The zero-order valence-electron chi connectivity index (χ0n) is 47.4. The van der Waals surface area contributed by atoms with Crippen LogP contribution < -0.4 is 24.8 Å². The monoisotopic (exact) mass is 981 g/mol. The van der Waals surface area contributed by atoms with Gasteiger partial charge in [-0.25, -0.2) is 0 Å².